The van der Waals surface area contributed by atoms with Gasteiger partial charge >= 0.3 is 0 Å². The number of hydrogen-bond acceptors (Lipinski definition) is 3. The smallest absolute Gasteiger partial charge is 0.220 e. The standard InChI is InChI=1S/C14H28N2O2/c1-3-12(6-8-15)4-5-14(17)16-10-13-7-9-18-11(13)2/h11-13H,3-10,15H2,1-2H3,(H,16,17). The third-order valence-electron chi connectivity index (χ3n) is 4.03. The highest BCUT2D eigenvalue weighted by molar-refractivity contribution is 5.75. The molecular formula is C14H28N2O2. The fourth-order valence-electron chi connectivity index (χ4n) is 2.50. The van der Waals surface area contributed by atoms with E-state index in [1.54, 1.807) is 0 Å². The van der Waals surface area contributed by atoms with E-state index in [1.165, 1.54) is 0 Å². The Labute approximate surface area is 111 Å². The summed E-state index contributed by atoms with van der Waals surface area (Å²) >= 11 is 0. The molecule has 1 fully saturated rings. The minimum absolute atomic E-state index is 0.171. The molecule has 1 aliphatic heterocycles. The summed E-state index contributed by atoms with van der Waals surface area (Å²) in [4.78, 5) is 11.7. The zero-order chi connectivity index (χ0) is 13.4. The topological polar surface area (TPSA) is 64.4 Å². The SMILES string of the molecule is CCC(CCN)CCC(=O)NCC1CCOC1C. The van der Waals surface area contributed by atoms with Crippen LogP contribution in [-0.4, -0.2) is 31.7 Å². The molecule has 1 heterocycles. The fourth-order valence-corrected chi connectivity index (χ4v) is 2.50. The second-order valence-corrected chi connectivity index (χ2v) is 5.32. The summed E-state index contributed by atoms with van der Waals surface area (Å²) in [7, 11) is 0. The normalized spacial score (nSPS) is 25.1. The maximum Gasteiger partial charge on any atom is 0.220 e. The molecule has 4 heteroatoms. The van der Waals surface area contributed by atoms with Gasteiger partial charge < -0.3 is 15.8 Å². The molecule has 0 bridgehead atoms. The van der Waals surface area contributed by atoms with E-state index in [-0.39, 0.29) is 12.0 Å². The van der Waals surface area contributed by atoms with Crippen LogP contribution in [0.4, 0.5) is 0 Å². The van der Waals surface area contributed by atoms with Gasteiger partial charge in [0.2, 0.25) is 5.91 Å². The van der Waals surface area contributed by atoms with Crippen LogP contribution < -0.4 is 11.1 Å². The summed E-state index contributed by atoms with van der Waals surface area (Å²) in [5.74, 6) is 1.25. The first-order valence-electron chi connectivity index (χ1n) is 7.25. The lowest BCUT2D eigenvalue weighted by Gasteiger charge is -2.16. The first-order chi connectivity index (χ1) is 8.67. The van der Waals surface area contributed by atoms with Crippen LogP contribution in [-0.2, 0) is 9.53 Å². The third kappa shape index (κ3) is 5.36. The van der Waals surface area contributed by atoms with E-state index in [4.69, 9.17) is 10.5 Å². The number of hydrogen-bond donors (Lipinski definition) is 2. The third-order valence-corrected chi connectivity index (χ3v) is 4.03. The molecule has 0 aromatic rings. The van der Waals surface area contributed by atoms with E-state index in [9.17, 15) is 4.79 Å². The minimum Gasteiger partial charge on any atom is -0.378 e. The average Bonchev–Trinajstić information content (AvgIpc) is 2.77. The number of nitrogens with one attached hydrogen (secondary N) is 1. The number of amides is 1. The van der Waals surface area contributed by atoms with Gasteiger partial charge in [0.1, 0.15) is 0 Å². The number of carbonyl (C=O) groups is 1. The van der Waals surface area contributed by atoms with Gasteiger partial charge in [-0.1, -0.05) is 13.3 Å². The molecule has 1 saturated heterocycles. The van der Waals surface area contributed by atoms with Gasteiger partial charge in [-0.05, 0) is 38.6 Å². The first-order valence-corrected chi connectivity index (χ1v) is 7.25. The van der Waals surface area contributed by atoms with Crippen molar-refractivity contribution < 1.29 is 9.53 Å². The molecule has 3 N–H and O–H groups in total. The Hall–Kier alpha value is -0.610. The largest absolute Gasteiger partial charge is 0.378 e. The van der Waals surface area contributed by atoms with Crippen LogP contribution in [0.5, 0.6) is 0 Å². The molecule has 0 spiro atoms. The number of nitrogens with two attached hydrogens (primary N) is 1. The van der Waals surface area contributed by atoms with Gasteiger partial charge in [0.15, 0.2) is 0 Å². The van der Waals surface area contributed by atoms with E-state index in [0.29, 0.717) is 18.3 Å². The van der Waals surface area contributed by atoms with Crippen molar-refractivity contribution >= 4 is 5.91 Å². The maximum absolute atomic E-state index is 11.7. The van der Waals surface area contributed by atoms with Crippen LogP contribution in [0.25, 0.3) is 0 Å². The minimum atomic E-state index is 0.171. The van der Waals surface area contributed by atoms with Crippen LogP contribution >= 0.6 is 0 Å². The number of ether oxygens (including phenoxy) is 1. The maximum atomic E-state index is 11.7. The van der Waals surface area contributed by atoms with Gasteiger partial charge in [0, 0.05) is 25.5 Å². The first kappa shape index (κ1) is 15.4. The molecule has 1 amide bonds. The number of carbonyl (C=O) groups excluding carboxylic acids is 1. The summed E-state index contributed by atoms with van der Waals surface area (Å²) in [5, 5.41) is 3.03. The predicted octanol–water partition coefficient (Wildman–Crippen LogP) is 1.68. The van der Waals surface area contributed by atoms with E-state index in [2.05, 4.69) is 19.2 Å². The Kier molecular flexibility index (Phi) is 7.28. The fraction of sp³-hybridized carbons (Fsp3) is 0.929. The van der Waals surface area contributed by atoms with Crippen LogP contribution in [0.15, 0.2) is 0 Å². The van der Waals surface area contributed by atoms with Crippen molar-refractivity contribution in [3.05, 3.63) is 0 Å². The van der Waals surface area contributed by atoms with E-state index in [1.807, 2.05) is 0 Å². The molecule has 0 saturated carbocycles. The lowest BCUT2D eigenvalue weighted by Crippen LogP contribution is -2.32. The van der Waals surface area contributed by atoms with Gasteiger partial charge in [0.25, 0.3) is 0 Å². The average molecular weight is 256 g/mol. The van der Waals surface area contributed by atoms with Crippen molar-refractivity contribution in [2.75, 3.05) is 19.7 Å². The number of rotatable bonds is 8. The summed E-state index contributed by atoms with van der Waals surface area (Å²) < 4.78 is 5.48. The Balaban J connectivity index is 2.13. The molecular weight excluding hydrogens is 228 g/mol. The molecule has 3 unspecified atom stereocenters. The lowest BCUT2D eigenvalue weighted by atomic mass is 9.96. The molecule has 3 atom stereocenters. The second kappa shape index (κ2) is 8.48. The van der Waals surface area contributed by atoms with Crippen molar-refractivity contribution in [2.24, 2.45) is 17.6 Å². The predicted molar refractivity (Wildman–Crippen MR) is 73.2 cm³/mol. The summed E-state index contributed by atoms with van der Waals surface area (Å²) in [6.07, 6.45) is 5.06. The van der Waals surface area contributed by atoms with E-state index >= 15 is 0 Å². The van der Waals surface area contributed by atoms with E-state index in [0.717, 1.165) is 45.4 Å². The highest BCUT2D eigenvalue weighted by Crippen LogP contribution is 2.19. The quantitative estimate of drug-likeness (QED) is 0.694. The molecule has 4 nitrogen and oxygen atoms in total. The van der Waals surface area contributed by atoms with Gasteiger partial charge in [-0.3, -0.25) is 4.79 Å². The Bertz CT molecular complexity index is 246. The highest BCUT2D eigenvalue weighted by Gasteiger charge is 2.24. The van der Waals surface area contributed by atoms with Crippen LogP contribution in [0, 0.1) is 11.8 Å². The molecule has 0 aromatic carbocycles. The summed E-state index contributed by atoms with van der Waals surface area (Å²) in [6, 6.07) is 0. The molecule has 1 rings (SSSR count). The molecule has 0 aliphatic carbocycles. The molecule has 106 valence electrons. The zero-order valence-corrected chi connectivity index (χ0v) is 11.8. The van der Waals surface area contributed by atoms with Crippen molar-refractivity contribution in [3.8, 4) is 0 Å². The monoisotopic (exact) mass is 256 g/mol. The van der Waals surface area contributed by atoms with Gasteiger partial charge in [-0.15, -0.1) is 0 Å². The Morgan fingerprint density at radius 3 is 2.83 bits per heavy atom. The van der Waals surface area contributed by atoms with Crippen LogP contribution in [0.1, 0.15) is 46.0 Å². The summed E-state index contributed by atoms with van der Waals surface area (Å²) in [5.41, 5.74) is 5.55. The summed E-state index contributed by atoms with van der Waals surface area (Å²) in [6.45, 7) is 6.55. The van der Waals surface area contributed by atoms with Crippen molar-refractivity contribution in [2.45, 2.75) is 52.1 Å². The molecule has 0 radical (unpaired) electrons. The highest BCUT2D eigenvalue weighted by atomic mass is 16.5. The Morgan fingerprint density at radius 2 is 2.28 bits per heavy atom. The van der Waals surface area contributed by atoms with Gasteiger partial charge in [-0.25, -0.2) is 0 Å². The molecule has 1 aliphatic rings. The zero-order valence-electron chi connectivity index (χ0n) is 11.8. The van der Waals surface area contributed by atoms with Crippen LogP contribution in [0.3, 0.4) is 0 Å². The van der Waals surface area contributed by atoms with Crippen molar-refractivity contribution in [1.82, 2.24) is 5.32 Å². The molecule has 18 heavy (non-hydrogen) atoms. The molecule has 0 aromatic heterocycles. The van der Waals surface area contributed by atoms with Crippen molar-refractivity contribution in [3.63, 3.8) is 0 Å². The lowest BCUT2D eigenvalue weighted by molar-refractivity contribution is -0.121. The van der Waals surface area contributed by atoms with E-state index < -0.39 is 0 Å². The van der Waals surface area contributed by atoms with Gasteiger partial charge in [-0.2, -0.15) is 0 Å². The second-order valence-electron chi connectivity index (χ2n) is 5.32. The van der Waals surface area contributed by atoms with Crippen molar-refractivity contribution in [1.29, 1.82) is 0 Å². The van der Waals surface area contributed by atoms with Crippen LogP contribution in [0.2, 0.25) is 0 Å². The Morgan fingerprint density at radius 1 is 1.50 bits per heavy atom. The van der Waals surface area contributed by atoms with Gasteiger partial charge in [0.05, 0.1) is 6.10 Å².